The van der Waals surface area contributed by atoms with E-state index >= 15 is 0 Å². The number of hydrogen-bond donors (Lipinski definition) is 1. The first-order chi connectivity index (χ1) is 7.67. The third-order valence-corrected chi connectivity index (χ3v) is 4.06. The summed E-state index contributed by atoms with van der Waals surface area (Å²) in [6.07, 6.45) is 4.28. The lowest BCUT2D eigenvalue weighted by Gasteiger charge is -2.09. The second-order valence-corrected chi connectivity index (χ2v) is 5.67. The third-order valence-electron chi connectivity index (χ3n) is 2.79. The summed E-state index contributed by atoms with van der Waals surface area (Å²) < 4.78 is 2.06. The quantitative estimate of drug-likeness (QED) is 0.798. The molecule has 1 aromatic rings. The van der Waals surface area contributed by atoms with E-state index in [9.17, 15) is 0 Å². The first-order valence-electron chi connectivity index (χ1n) is 6.03. The van der Waals surface area contributed by atoms with E-state index in [1.165, 1.54) is 5.69 Å². The molecule has 2 atom stereocenters. The van der Waals surface area contributed by atoms with Crippen LogP contribution < -0.4 is 5.73 Å². The van der Waals surface area contributed by atoms with Crippen LogP contribution in [-0.2, 0) is 5.75 Å². The zero-order chi connectivity index (χ0) is 12.0. The summed E-state index contributed by atoms with van der Waals surface area (Å²) in [5.74, 6) is 0.991. The Morgan fingerprint density at radius 1 is 1.50 bits per heavy atom. The summed E-state index contributed by atoms with van der Waals surface area (Å²) in [5.41, 5.74) is 6.70. The summed E-state index contributed by atoms with van der Waals surface area (Å²) in [5, 5.41) is 5.20. The van der Waals surface area contributed by atoms with E-state index in [2.05, 4.69) is 42.8 Å². The van der Waals surface area contributed by atoms with E-state index in [1.807, 2.05) is 11.8 Å². The van der Waals surface area contributed by atoms with Crippen molar-refractivity contribution in [1.82, 2.24) is 9.78 Å². The summed E-state index contributed by atoms with van der Waals surface area (Å²) in [7, 11) is 0. The van der Waals surface area contributed by atoms with Crippen molar-refractivity contribution in [2.24, 2.45) is 5.73 Å². The van der Waals surface area contributed by atoms with Crippen LogP contribution in [0.15, 0.2) is 12.3 Å². The Bertz CT molecular complexity index is 298. The van der Waals surface area contributed by atoms with E-state index in [4.69, 9.17) is 5.73 Å². The van der Waals surface area contributed by atoms with Gasteiger partial charge in [-0.25, -0.2) is 0 Å². The average molecular weight is 241 g/mol. The van der Waals surface area contributed by atoms with Crippen molar-refractivity contribution in [1.29, 1.82) is 0 Å². The van der Waals surface area contributed by atoms with Crippen molar-refractivity contribution >= 4 is 11.8 Å². The molecular weight excluding hydrogens is 218 g/mol. The van der Waals surface area contributed by atoms with E-state index in [1.54, 1.807) is 0 Å². The van der Waals surface area contributed by atoms with Gasteiger partial charge in [0.15, 0.2) is 0 Å². The van der Waals surface area contributed by atoms with Crippen molar-refractivity contribution in [3.63, 3.8) is 0 Å². The molecule has 92 valence electrons. The molecule has 0 fully saturated rings. The van der Waals surface area contributed by atoms with Crippen LogP contribution >= 0.6 is 11.8 Å². The fourth-order valence-corrected chi connectivity index (χ4v) is 2.34. The minimum Gasteiger partial charge on any atom is -0.330 e. The number of aromatic nitrogens is 2. The molecular formula is C12H23N3S. The molecule has 0 aliphatic heterocycles. The Kier molecular flexibility index (Phi) is 5.91. The summed E-state index contributed by atoms with van der Waals surface area (Å²) >= 11 is 1.93. The van der Waals surface area contributed by atoms with Crippen LogP contribution in [0.3, 0.4) is 0 Å². The Morgan fingerprint density at radius 3 is 2.88 bits per heavy atom. The standard InChI is InChI=1S/C12H23N3S/c1-4-10(2)15-8-6-12(14-15)9-16-11(3)5-7-13/h6,8,10-11H,4-5,7,9,13H2,1-3H3. The molecule has 1 heterocycles. The number of nitrogens with zero attached hydrogens (tertiary/aromatic N) is 2. The molecule has 1 aromatic heterocycles. The highest BCUT2D eigenvalue weighted by molar-refractivity contribution is 7.99. The van der Waals surface area contributed by atoms with Gasteiger partial charge in [0.1, 0.15) is 0 Å². The van der Waals surface area contributed by atoms with Crippen LogP contribution in [0.1, 0.15) is 45.3 Å². The van der Waals surface area contributed by atoms with Gasteiger partial charge < -0.3 is 5.73 Å². The minimum atomic E-state index is 0.500. The van der Waals surface area contributed by atoms with Crippen molar-refractivity contribution in [2.75, 3.05) is 6.54 Å². The van der Waals surface area contributed by atoms with Crippen LogP contribution in [0.2, 0.25) is 0 Å². The lowest BCUT2D eigenvalue weighted by molar-refractivity contribution is 0.475. The zero-order valence-electron chi connectivity index (χ0n) is 10.5. The van der Waals surface area contributed by atoms with Crippen molar-refractivity contribution in [3.05, 3.63) is 18.0 Å². The molecule has 0 bridgehead atoms. The Balaban J connectivity index is 2.40. The molecule has 16 heavy (non-hydrogen) atoms. The summed E-state index contributed by atoms with van der Waals surface area (Å²) in [4.78, 5) is 0. The highest BCUT2D eigenvalue weighted by atomic mass is 32.2. The van der Waals surface area contributed by atoms with E-state index in [-0.39, 0.29) is 0 Å². The molecule has 1 rings (SSSR count). The van der Waals surface area contributed by atoms with Crippen LogP contribution in [0.4, 0.5) is 0 Å². The average Bonchev–Trinajstić information content (AvgIpc) is 2.74. The van der Waals surface area contributed by atoms with Gasteiger partial charge >= 0.3 is 0 Å². The van der Waals surface area contributed by atoms with Gasteiger partial charge in [0, 0.05) is 23.2 Å². The smallest absolute Gasteiger partial charge is 0.0723 e. The van der Waals surface area contributed by atoms with E-state index in [0.29, 0.717) is 11.3 Å². The lowest BCUT2D eigenvalue weighted by atomic mass is 10.3. The molecule has 0 amide bonds. The first-order valence-corrected chi connectivity index (χ1v) is 7.08. The fraction of sp³-hybridized carbons (Fsp3) is 0.750. The molecule has 0 saturated heterocycles. The lowest BCUT2D eigenvalue weighted by Crippen LogP contribution is -2.07. The van der Waals surface area contributed by atoms with Crippen LogP contribution in [-0.4, -0.2) is 21.6 Å². The van der Waals surface area contributed by atoms with Crippen LogP contribution in [0, 0.1) is 0 Å². The molecule has 0 aliphatic carbocycles. The number of hydrogen-bond acceptors (Lipinski definition) is 3. The van der Waals surface area contributed by atoms with Gasteiger partial charge in [-0.05, 0) is 32.4 Å². The van der Waals surface area contributed by atoms with Crippen LogP contribution in [0.5, 0.6) is 0 Å². The maximum atomic E-state index is 5.53. The van der Waals surface area contributed by atoms with Gasteiger partial charge in [-0.1, -0.05) is 13.8 Å². The van der Waals surface area contributed by atoms with Crippen molar-refractivity contribution < 1.29 is 0 Å². The molecule has 0 saturated carbocycles. The minimum absolute atomic E-state index is 0.500. The highest BCUT2D eigenvalue weighted by Crippen LogP contribution is 2.19. The van der Waals surface area contributed by atoms with Gasteiger partial charge in [-0.15, -0.1) is 0 Å². The van der Waals surface area contributed by atoms with Gasteiger partial charge in [-0.3, -0.25) is 4.68 Å². The summed E-state index contributed by atoms with van der Waals surface area (Å²) in [6, 6.07) is 2.62. The first kappa shape index (κ1) is 13.6. The van der Waals surface area contributed by atoms with Gasteiger partial charge in [0.2, 0.25) is 0 Å². The zero-order valence-corrected chi connectivity index (χ0v) is 11.3. The third kappa shape index (κ3) is 4.18. The monoisotopic (exact) mass is 241 g/mol. The topological polar surface area (TPSA) is 43.8 Å². The molecule has 2 N–H and O–H groups in total. The molecule has 0 radical (unpaired) electrons. The van der Waals surface area contributed by atoms with Gasteiger partial charge in [0.25, 0.3) is 0 Å². The number of nitrogens with two attached hydrogens (primary N) is 1. The highest BCUT2D eigenvalue weighted by Gasteiger charge is 2.06. The molecule has 0 aromatic carbocycles. The second kappa shape index (κ2) is 6.97. The predicted molar refractivity (Wildman–Crippen MR) is 71.7 cm³/mol. The maximum Gasteiger partial charge on any atom is 0.0723 e. The van der Waals surface area contributed by atoms with E-state index in [0.717, 1.165) is 25.1 Å². The second-order valence-electron chi connectivity index (χ2n) is 4.24. The van der Waals surface area contributed by atoms with Crippen molar-refractivity contribution in [3.8, 4) is 0 Å². The van der Waals surface area contributed by atoms with Crippen LogP contribution in [0.25, 0.3) is 0 Å². The fourth-order valence-electron chi connectivity index (χ4n) is 1.43. The number of rotatable bonds is 7. The molecule has 3 nitrogen and oxygen atoms in total. The normalized spacial score (nSPS) is 15.0. The molecule has 0 spiro atoms. The Hall–Kier alpha value is -0.480. The Labute approximate surface area is 103 Å². The number of thioether (sulfide) groups is 1. The van der Waals surface area contributed by atoms with E-state index < -0.39 is 0 Å². The molecule has 0 aliphatic rings. The van der Waals surface area contributed by atoms with Gasteiger partial charge in [0.05, 0.1) is 5.69 Å². The predicted octanol–water partition coefficient (Wildman–Crippen LogP) is 2.82. The van der Waals surface area contributed by atoms with Gasteiger partial charge in [-0.2, -0.15) is 16.9 Å². The Morgan fingerprint density at radius 2 is 2.25 bits per heavy atom. The van der Waals surface area contributed by atoms with Crippen molar-refractivity contribution in [2.45, 2.75) is 50.7 Å². The maximum absolute atomic E-state index is 5.53. The largest absolute Gasteiger partial charge is 0.330 e. The molecule has 2 unspecified atom stereocenters. The summed E-state index contributed by atoms with van der Waals surface area (Å²) in [6.45, 7) is 7.38. The SMILES string of the molecule is CCC(C)n1ccc(CSC(C)CCN)n1. The molecule has 4 heteroatoms.